The summed E-state index contributed by atoms with van der Waals surface area (Å²) in [6, 6.07) is 0.269. The number of rotatable bonds is 8. The lowest BCUT2D eigenvalue weighted by atomic mass is 10.1. The predicted octanol–water partition coefficient (Wildman–Crippen LogP) is 1.29. The van der Waals surface area contributed by atoms with E-state index < -0.39 is 22.0 Å². The van der Waals surface area contributed by atoms with Crippen molar-refractivity contribution >= 4 is 21.7 Å². The van der Waals surface area contributed by atoms with Gasteiger partial charge in [0.05, 0.1) is 11.9 Å². The second-order valence-electron chi connectivity index (χ2n) is 5.08. The number of carbonyl (C=O) groups is 1. The fraction of sp³-hybridized carbons (Fsp3) is 0.538. The number of carboxylic acid groups (broad SMARTS) is 1. The summed E-state index contributed by atoms with van der Waals surface area (Å²) < 4.78 is 26.7. The van der Waals surface area contributed by atoms with Gasteiger partial charge in [-0.1, -0.05) is 13.8 Å². The van der Waals surface area contributed by atoms with Gasteiger partial charge < -0.3 is 10.4 Å². The van der Waals surface area contributed by atoms with Gasteiger partial charge in [-0.25, -0.2) is 8.42 Å². The Bertz CT molecular complexity index is 587. The number of hydrogen-bond acceptors (Lipinski definition) is 5. The Kier molecular flexibility index (Phi) is 6.10. The molecule has 0 saturated carbocycles. The highest BCUT2D eigenvalue weighted by Gasteiger charge is 2.26. The number of nitrogens with zero attached hydrogens (tertiary/aromatic N) is 1. The lowest BCUT2D eigenvalue weighted by Gasteiger charge is -2.16. The molecule has 0 aliphatic carbocycles. The highest BCUT2D eigenvalue weighted by molar-refractivity contribution is 7.89. The Balaban J connectivity index is 2.98. The van der Waals surface area contributed by atoms with E-state index in [1.807, 2.05) is 20.8 Å². The summed E-state index contributed by atoms with van der Waals surface area (Å²) in [5.74, 6) is -1.14. The van der Waals surface area contributed by atoms with Gasteiger partial charge in [0.2, 0.25) is 10.0 Å². The summed E-state index contributed by atoms with van der Waals surface area (Å²) in [5, 5.41) is 12.1. The van der Waals surface area contributed by atoms with Gasteiger partial charge in [0.1, 0.15) is 10.9 Å². The zero-order valence-corrected chi connectivity index (χ0v) is 13.1. The number of carboxylic acids is 1. The van der Waals surface area contributed by atoms with Crippen LogP contribution in [0.1, 0.15) is 27.2 Å². The molecule has 118 valence electrons. The van der Waals surface area contributed by atoms with Crippen LogP contribution in [-0.2, 0) is 14.8 Å². The van der Waals surface area contributed by atoms with Gasteiger partial charge in [-0.3, -0.25) is 9.78 Å². The highest BCUT2D eigenvalue weighted by Crippen LogP contribution is 2.15. The highest BCUT2D eigenvalue weighted by atomic mass is 32.2. The minimum Gasteiger partial charge on any atom is -0.480 e. The van der Waals surface area contributed by atoms with Crippen molar-refractivity contribution in [2.24, 2.45) is 5.92 Å². The fourth-order valence-electron chi connectivity index (χ4n) is 1.79. The van der Waals surface area contributed by atoms with Crippen molar-refractivity contribution in [3.8, 4) is 0 Å². The molecular formula is C13H21N3O4S. The third-order valence-electron chi connectivity index (χ3n) is 2.71. The van der Waals surface area contributed by atoms with Crippen molar-refractivity contribution in [3.05, 3.63) is 18.5 Å². The van der Waals surface area contributed by atoms with E-state index in [1.165, 1.54) is 18.5 Å². The van der Waals surface area contributed by atoms with Crippen molar-refractivity contribution in [1.82, 2.24) is 9.71 Å². The minimum absolute atomic E-state index is 0.0556. The van der Waals surface area contributed by atoms with E-state index >= 15 is 0 Å². The van der Waals surface area contributed by atoms with Crippen molar-refractivity contribution < 1.29 is 18.3 Å². The first-order chi connectivity index (χ1) is 9.76. The van der Waals surface area contributed by atoms with Crippen LogP contribution in [0.3, 0.4) is 0 Å². The van der Waals surface area contributed by atoms with Gasteiger partial charge >= 0.3 is 5.97 Å². The Morgan fingerprint density at radius 1 is 1.38 bits per heavy atom. The quantitative estimate of drug-likeness (QED) is 0.667. The van der Waals surface area contributed by atoms with E-state index in [-0.39, 0.29) is 17.2 Å². The van der Waals surface area contributed by atoms with Crippen molar-refractivity contribution in [2.75, 3.05) is 11.9 Å². The minimum atomic E-state index is -3.92. The maximum Gasteiger partial charge on any atom is 0.321 e. The molecule has 1 rings (SSSR count). The average Bonchev–Trinajstić information content (AvgIpc) is 2.38. The predicted molar refractivity (Wildman–Crippen MR) is 79.6 cm³/mol. The SMILES string of the molecule is CCNc1cncc(S(=O)(=O)NC(CC(C)C)C(=O)O)c1. The van der Waals surface area contributed by atoms with Crippen LogP contribution in [0.4, 0.5) is 5.69 Å². The summed E-state index contributed by atoms with van der Waals surface area (Å²) in [7, 11) is -3.92. The van der Waals surface area contributed by atoms with Crippen molar-refractivity contribution in [3.63, 3.8) is 0 Å². The van der Waals surface area contributed by atoms with Gasteiger partial charge in [-0.05, 0) is 25.3 Å². The summed E-state index contributed by atoms with van der Waals surface area (Å²) in [6.45, 7) is 6.17. The van der Waals surface area contributed by atoms with Crippen LogP contribution >= 0.6 is 0 Å². The molecule has 0 saturated heterocycles. The molecule has 3 N–H and O–H groups in total. The molecule has 7 nitrogen and oxygen atoms in total. The summed E-state index contributed by atoms with van der Waals surface area (Å²) in [4.78, 5) is 15.0. The molecule has 1 heterocycles. The standard InChI is InChI=1S/C13H21N3O4S/c1-4-15-10-6-11(8-14-7-10)21(19,20)16-12(13(17)18)5-9(2)3/h6-9,12,15-16H,4-5H2,1-3H3,(H,17,18). The van der Waals surface area contributed by atoms with E-state index in [9.17, 15) is 13.2 Å². The third-order valence-corrected chi connectivity index (χ3v) is 4.15. The topological polar surface area (TPSA) is 108 Å². The van der Waals surface area contributed by atoms with Gasteiger partial charge in [0, 0.05) is 12.7 Å². The number of aromatic nitrogens is 1. The molecule has 1 unspecified atom stereocenters. The number of nitrogens with one attached hydrogen (secondary N) is 2. The molecule has 8 heteroatoms. The molecule has 0 bridgehead atoms. The van der Waals surface area contributed by atoms with Gasteiger partial charge in [0.15, 0.2) is 0 Å². The largest absolute Gasteiger partial charge is 0.480 e. The zero-order valence-electron chi connectivity index (χ0n) is 12.3. The lowest BCUT2D eigenvalue weighted by Crippen LogP contribution is -2.41. The number of hydrogen-bond donors (Lipinski definition) is 3. The maximum atomic E-state index is 12.2. The van der Waals surface area contributed by atoms with E-state index in [1.54, 1.807) is 0 Å². The van der Waals surface area contributed by atoms with Crippen molar-refractivity contribution in [1.29, 1.82) is 0 Å². The zero-order chi connectivity index (χ0) is 16.0. The first-order valence-electron chi connectivity index (χ1n) is 6.70. The lowest BCUT2D eigenvalue weighted by molar-refractivity contribution is -0.139. The smallest absolute Gasteiger partial charge is 0.321 e. The van der Waals surface area contributed by atoms with Crippen LogP contribution in [0.25, 0.3) is 0 Å². The fourth-order valence-corrected chi connectivity index (χ4v) is 2.98. The molecule has 0 amide bonds. The third kappa shape index (κ3) is 5.31. The van der Waals surface area contributed by atoms with Gasteiger partial charge in [0.25, 0.3) is 0 Å². The molecule has 1 atom stereocenters. The monoisotopic (exact) mass is 315 g/mol. The second kappa shape index (κ2) is 7.37. The second-order valence-corrected chi connectivity index (χ2v) is 6.80. The molecule has 0 radical (unpaired) electrons. The Morgan fingerprint density at radius 2 is 2.05 bits per heavy atom. The number of sulfonamides is 1. The normalized spacial score (nSPS) is 13.1. The Morgan fingerprint density at radius 3 is 2.57 bits per heavy atom. The maximum absolute atomic E-state index is 12.2. The molecule has 0 aliphatic rings. The van der Waals surface area contributed by atoms with Crippen molar-refractivity contribution in [2.45, 2.75) is 38.1 Å². The first kappa shape index (κ1) is 17.4. The molecule has 0 aromatic carbocycles. The molecule has 0 aliphatic heterocycles. The number of anilines is 1. The summed E-state index contributed by atoms with van der Waals surface area (Å²) >= 11 is 0. The van der Waals surface area contributed by atoms with Crippen LogP contribution in [0.15, 0.2) is 23.4 Å². The molecular weight excluding hydrogens is 294 g/mol. The molecule has 1 aromatic heterocycles. The van der Waals surface area contributed by atoms with Gasteiger partial charge in [-0.2, -0.15) is 4.72 Å². The van der Waals surface area contributed by atoms with E-state index in [0.29, 0.717) is 12.2 Å². The number of aliphatic carboxylic acids is 1. The van der Waals surface area contributed by atoms with Crippen LogP contribution in [-0.4, -0.2) is 37.1 Å². The van der Waals surface area contributed by atoms with Crippen LogP contribution in [0.2, 0.25) is 0 Å². The molecule has 21 heavy (non-hydrogen) atoms. The molecule has 0 fully saturated rings. The Labute approximate surface area is 124 Å². The Hall–Kier alpha value is -1.67. The molecule has 0 spiro atoms. The first-order valence-corrected chi connectivity index (χ1v) is 8.18. The molecule has 1 aromatic rings. The van der Waals surface area contributed by atoms with Crippen LogP contribution in [0, 0.1) is 5.92 Å². The van der Waals surface area contributed by atoms with Crippen LogP contribution < -0.4 is 10.0 Å². The van der Waals surface area contributed by atoms with Crippen LogP contribution in [0.5, 0.6) is 0 Å². The number of pyridine rings is 1. The summed E-state index contributed by atoms with van der Waals surface area (Å²) in [5.41, 5.74) is 0.566. The summed E-state index contributed by atoms with van der Waals surface area (Å²) in [6.07, 6.45) is 2.91. The van der Waals surface area contributed by atoms with E-state index in [4.69, 9.17) is 5.11 Å². The average molecular weight is 315 g/mol. The van der Waals surface area contributed by atoms with Gasteiger partial charge in [-0.15, -0.1) is 0 Å². The van der Waals surface area contributed by atoms with E-state index in [0.717, 1.165) is 0 Å². The van der Waals surface area contributed by atoms with E-state index in [2.05, 4.69) is 15.0 Å².